The summed E-state index contributed by atoms with van der Waals surface area (Å²) in [6.45, 7) is 0.846. The molecule has 20 heavy (non-hydrogen) atoms. The first kappa shape index (κ1) is 14.1. The van der Waals surface area contributed by atoms with Gasteiger partial charge in [0.1, 0.15) is 17.6 Å². The Morgan fingerprint density at radius 3 is 2.95 bits per heavy atom. The third-order valence-corrected chi connectivity index (χ3v) is 2.89. The van der Waals surface area contributed by atoms with Crippen LogP contribution >= 0.6 is 0 Å². The quantitative estimate of drug-likeness (QED) is 0.840. The maximum Gasteiger partial charge on any atom is 0.203 e. The third kappa shape index (κ3) is 3.60. The Morgan fingerprint density at radius 1 is 1.40 bits per heavy atom. The molecule has 0 aliphatic carbocycles. The van der Waals surface area contributed by atoms with Gasteiger partial charge in [0.25, 0.3) is 0 Å². The van der Waals surface area contributed by atoms with Crippen LogP contribution in [0, 0.1) is 11.3 Å². The number of nitrogens with one attached hydrogen (secondary N) is 1. The molecule has 0 amide bonds. The van der Waals surface area contributed by atoms with Crippen LogP contribution in [0.25, 0.3) is 0 Å². The van der Waals surface area contributed by atoms with E-state index in [1.165, 1.54) is 0 Å². The molecule has 0 spiro atoms. The number of hydrogen-bond donors (Lipinski definition) is 2. The van der Waals surface area contributed by atoms with E-state index in [9.17, 15) is 5.11 Å². The average Bonchev–Trinajstić information content (AvgIpc) is 2.95. The van der Waals surface area contributed by atoms with Crippen molar-refractivity contribution in [2.45, 2.75) is 12.6 Å². The number of furan rings is 1. The van der Waals surface area contributed by atoms with Gasteiger partial charge >= 0.3 is 0 Å². The fraction of sp³-hybridized carbons (Fsp3) is 0.267. The van der Waals surface area contributed by atoms with E-state index in [4.69, 9.17) is 14.4 Å². The molecule has 0 radical (unpaired) electrons. The lowest BCUT2D eigenvalue weighted by atomic mass is 10.1. The standard InChI is InChI=1S/C15H16N2O3/c1-19-12-4-2-3-11(7-12)15(18)10-17-9-14-6-5-13(8-16)20-14/h2-7,15,17-18H,9-10H2,1H3. The van der Waals surface area contributed by atoms with Crippen molar-refractivity contribution in [3.8, 4) is 11.8 Å². The summed E-state index contributed by atoms with van der Waals surface area (Å²) in [4.78, 5) is 0. The van der Waals surface area contributed by atoms with Gasteiger partial charge < -0.3 is 19.6 Å². The molecule has 1 heterocycles. The molecule has 2 rings (SSSR count). The van der Waals surface area contributed by atoms with E-state index >= 15 is 0 Å². The van der Waals surface area contributed by atoms with Crippen molar-refractivity contribution in [2.75, 3.05) is 13.7 Å². The minimum atomic E-state index is -0.629. The summed E-state index contributed by atoms with van der Waals surface area (Å²) in [6.07, 6.45) is -0.629. The van der Waals surface area contributed by atoms with Crippen molar-refractivity contribution in [1.29, 1.82) is 5.26 Å². The smallest absolute Gasteiger partial charge is 0.203 e. The minimum absolute atomic E-state index is 0.287. The predicted molar refractivity (Wildman–Crippen MR) is 73.1 cm³/mol. The molecule has 1 unspecified atom stereocenters. The fourth-order valence-electron chi connectivity index (χ4n) is 1.83. The summed E-state index contributed by atoms with van der Waals surface area (Å²) in [6, 6.07) is 12.6. The largest absolute Gasteiger partial charge is 0.497 e. The number of nitriles is 1. The van der Waals surface area contributed by atoms with Crippen LogP contribution in [0.1, 0.15) is 23.2 Å². The first-order valence-corrected chi connectivity index (χ1v) is 6.24. The first-order chi connectivity index (χ1) is 9.72. The Balaban J connectivity index is 1.85. The monoisotopic (exact) mass is 272 g/mol. The van der Waals surface area contributed by atoms with Crippen molar-refractivity contribution < 1.29 is 14.3 Å². The van der Waals surface area contributed by atoms with Crippen molar-refractivity contribution in [2.24, 2.45) is 0 Å². The number of rotatable bonds is 6. The highest BCUT2D eigenvalue weighted by Crippen LogP contribution is 2.18. The molecule has 0 bridgehead atoms. The van der Waals surface area contributed by atoms with Gasteiger partial charge in [0.05, 0.1) is 19.8 Å². The lowest BCUT2D eigenvalue weighted by molar-refractivity contribution is 0.173. The Bertz CT molecular complexity index is 601. The number of benzene rings is 1. The van der Waals surface area contributed by atoms with E-state index in [0.717, 1.165) is 5.56 Å². The molecule has 0 aliphatic heterocycles. The maximum absolute atomic E-state index is 10.1. The average molecular weight is 272 g/mol. The van der Waals surface area contributed by atoms with Crippen LogP contribution in [-0.4, -0.2) is 18.8 Å². The van der Waals surface area contributed by atoms with Gasteiger partial charge in [-0.05, 0) is 29.8 Å². The molecule has 1 aromatic carbocycles. The molecule has 0 fully saturated rings. The molecule has 2 N–H and O–H groups in total. The van der Waals surface area contributed by atoms with Gasteiger partial charge in [-0.3, -0.25) is 0 Å². The van der Waals surface area contributed by atoms with Crippen LogP contribution in [-0.2, 0) is 6.54 Å². The number of ether oxygens (including phenoxy) is 1. The summed E-state index contributed by atoms with van der Waals surface area (Å²) < 4.78 is 10.3. The maximum atomic E-state index is 10.1. The molecule has 5 nitrogen and oxygen atoms in total. The molecule has 5 heteroatoms. The molecule has 0 saturated carbocycles. The minimum Gasteiger partial charge on any atom is -0.497 e. The Morgan fingerprint density at radius 2 is 2.25 bits per heavy atom. The molecule has 0 aliphatic rings. The van der Waals surface area contributed by atoms with Gasteiger partial charge in [-0.1, -0.05) is 12.1 Å². The SMILES string of the molecule is COc1cccc(C(O)CNCc2ccc(C#N)o2)c1. The molecule has 104 valence electrons. The molecular weight excluding hydrogens is 256 g/mol. The summed E-state index contributed by atoms with van der Waals surface area (Å²) in [5.74, 6) is 1.67. The fourth-order valence-corrected chi connectivity index (χ4v) is 1.83. The number of methoxy groups -OCH3 is 1. The second kappa shape index (κ2) is 6.75. The van der Waals surface area contributed by atoms with Crippen molar-refractivity contribution in [3.63, 3.8) is 0 Å². The number of hydrogen-bond acceptors (Lipinski definition) is 5. The van der Waals surface area contributed by atoms with Crippen LogP contribution in [0.5, 0.6) is 5.75 Å². The second-order valence-electron chi connectivity index (χ2n) is 4.30. The highest BCUT2D eigenvalue weighted by molar-refractivity contribution is 5.29. The Labute approximate surface area is 117 Å². The van der Waals surface area contributed by atoms with Crippen LogP contribution in [0.15, 0.2) is 40.8 Å². The highest BCUT2D eigenvalue weighted by atomic mass is 16.5. The van der Waals surface area contributed by atoms with E-state index in [0.29, 0.717) is 24.6 Å². The van der Waals surface area contributed by atoms with E-state index in [2.05, 4.69) is 5.32 Å². The van der Waals surface area contributed by atoms with Gasteiger partial charge in [-0.25, -0.2) is 0 Å². The summed E-state index contributed by atoms with van der Waals surface area (Å²) in [5, 5.41) is 21.8. The summed E-state index contributed by atoms with van der Waals surface area (Å²) in [7, 11) is 1.59. The van der Waals surface area contributed by atoms with Gasteiger partial charge in [-0.15, -0.1) is 0 Å². The van der Waals surface area contributed by atoms with Crippen molar-refractivity contribution >= 4 is 0 Å². The zero-order valence-electron chi connectivity index (χ0n) is 11.2. The van der Waals surface area contributed by atoms with E-state index in [-0.39, 0.29) is 5.76 Å². The molecule has 2 aromatic rings. The van der Waals surface area contributed by atoms with Crippen LogP contribution in [0.4, 0.5) is 0 Å². The topological polar surface area (TPSA) is 78.4 Å². The summed E-state index contributed by atoms with van der Waals surface area (Å²) in [5.41, 5.74) is 0.786. The van der Waals surface area contributed by atoms with E-state index in [1.807, 2.05) is 24.3 Å². The van der Waals surface area contributed by atoms with Crippen LogP contribution < -0.4 is 10.1 Å². The van der Waals surface area contributed by atoms with Gasteiger partial charge in [0.2, 0.25) is 5.76 Å². The van der Waals surface area contributed by atoms with Crippen molar-refractivity contribution in [1.82, 2.24) is 5.32 Å². The van der Waals surface area contributed by atoms with Gasteiger partial charge in [-0.2, -0.15) is 5.26 Å². The molecule has 1 aromatic heterocycles. The Hall–Kier alpha value is -2.29. The van der Waals surface area contributed by atoms with Crippen LogP contribution in [0.2, 0.25) is 0 Å². The molecule has 0 saturated heterocycles. The predicted octanol–water partition coefficient (Wildman–Crippen LogP) is 1.98. The third-order valence-electron chi connectivity index (χ3n) is 2.89. The first-order valence-electron chi connectivity index (χ1n) is 6.24. The molecular formula is C15H16N2O3. The zero-order chi connectivity index (χ0) is 14.4. The number of aliphatic hydroxyl groups is 1. The van der Waals surface area contributed by atoms with E-state index < -0.39 is 6.10 Å². The highest BCUT2D eigenvalue weighted by Gasteiger charge is 2.08. The summed E-state index contributed by atoms with van der Waals surface area (Å²) >= 11 is 0. The molecule has 1 atom stereocenters. The zero-order valence-corrected chi connectivity index (χ0v) is 11.2. The second-order valence-corrected chi connectivity index (χ2v) is 4.30. The van der Waals surface area contributed by atoms with Crippen LogP contribution in [0.3, 0.4) is 0 Å². The lowest BCUT2D eigenvalue weighted by Gasteiger charge is -2.12. The van der Waals surface area contributed by atoms with Crippen molar-refractivity contribution in [3.05, 3.63) is 53.5 Å². The Kier molecular flexibility index (Phi) is 4.77. The van der Waals surface area contributed by atoms with Gasteiger partial charge in [0.15, 0.2) is 0 Å². The van der Waals surface area contributed by atoms with E-state index in [1.54, 1.807) is 25.3 Å². The van der Waals surface area contributed by atoms with Gasteiger partial charge in [0, 0.05) is 6.54 Å². The lowest BCUT2D eigenvalue weighted by Crippen LogP contribution is -2.20. The normalized spacial score (nSPS) is 11.8. The number of aliphatic hydroxyl groups excluding tert-OH is 1. The number of nitrogens with zero attached hydrogens (tertiary/aromatic N) is 1.